The highest BCUT2D eigenvalue weighted by Gasteiger charge is 2.18. The van der Waals surface area contributed by atoms with E-state index in [1.54, 1.807) is 0 Å². The van der Waals surface area contributed by atoms with Crippen LogP contribution in [0.1, 0.15) is 26.3 Å². The van der Waals surface area contributed by atoms with Gasteiger partial charge in [0.25, 0.3) is 0 Å². The fraction of sp³-hybridized carbons (Fsp3) is 0.0870. The Hall–Kier alpha value is -5.46. The van der Waals surface area contributed by atoms with Crippen LogP contribution in [0.4, 0.5) is 0 Å². The van der Waals surface area contributed by atoms with Gasteiger partial charge < -0.3 is 0 Å². The largest absolute Gasteiger partial charge is 0.0622 e. The highest BCUT2D eigenvalue weighted by Crippen LogP contribution is 2.44. The first-order valence-corrected chi connectivity index (χ1v) is 16.2. The Morgan fingerprint density at radius 3 is 1.28 bits per heavy atom. The molecule has 0 saturated carbocycles. The van der Waals surface area contributed by atoms with Gasteiger partial charge in [-0.25, -0.2) is 0 Å². The summed E-state index contributed by atoms with van der Waals surface area (Å²) in [6.45, 7) is 6.82. The Kier molecular flexibility index (Phi) is 6.80. The maximum absolute atomic E-state index is 2.37. The summed E-state index contributed by atoms with van der Waals surface area (Å²) in [6.07, 6.45) is 0. The molecule has 0 bridgehead atoms. The fourth-order valence-corrected chi connectivity index (χ4v) is 6.98. The summed E-state index contributed by atoms with van der Waals surface area (Å²) in [4.78, 5) is 0. The minimum atomic E-state index is 0.121. The van der Waals surface area contributed by atoms with Crippen molar-refractivity contribution >= 4 is 32.3 Å². The molecule has 0 aliphatic heterocycles. The van der Waals surface area contributed by atoms with Gasteiger partial charge in [0.15, 0.2) is 0 Å². The molecule has 0 saturated heterocycles. The number of rotatable bonds is 4. The molecular weight excluding hydrogens is 553 g/mol. The van der Waals surface area contributed by atoms with Gasteiger partial charge in [-0.3, -0.25) is 0 Å². The second-order valence-electron chi connectivity index (χ2n) is 13.4. The van der Waals surface area contributed by atoms with E-state index in [0.29, 0.717) is 0 Å². The SMILES string of the molecule is CC(C)(C)c1ccc(-c2c3ccccc3c(-c3ccc4cc(-c5cccc(-c6ccccc6)c5)ccc4c3)c3ccccc23)cc1. The van der Waals surface area contributed by atoms with E-state index in [2.05, 4.69) is 185 Å². The van der Waals surface area contributed by atoms with Gasteiger partial charge in [0.2, 0.25) is 0 Å². The average Bonchev–Trinajstić information content (AvgIpc) is 3.10. The Labute approximate surface area is 271 Å². The standard InChI is InChI=1S/C46H36/c1-46(2,3)39-26-24-32(25-27-39)44-40-16-7-9-18-42(40)45(43-19-10-8-17-41(43)44)38-23-22-36-29-35(20-21-37(36)30-38)34-15-11-14-33(28-34)31-12-5-4-6-13-31/h4-30H,1-3H3. The van der Waals surface area contributed by atoms with E-state index in [-0.39, 0.29) is 5.41 Å². The maximum atomic E-state index is 2.37. The lowest BCUT2D eigenvalue weighted by Crippen LogP contribution is -2.10. The maximum Gasteiger partial charge on any atom is -0.00262 e. The van der Waals surface area contributed by atoms with Crippen LogP contribution in [0, 0.1) is 0 Å². The summed E-state index contributed by atoms with van der Waals surface area (Å²) in [6, 6.07) is 60.3. The molecule has 0 heterocycles. The van der Waals surface area contributed by atoms with Crippen molar-refractivity contribution in [2.45, 2.75) is 26.2 Å². The number of hydrogen-bond donors (Lipinski definition) is 0. The lowest BCUT2D eigenvalue weighted by atomic mass is 9.83. The summed E-state index contributed by atoms with van der Waals surface area (Å²) in [5.41, 5.74) is 11.5. The molecule has 0 N–H and O–H groups in total. The molecule has 220 valence electrons. The van der Waals surface area contributed by atoms with Crippen molar-refractivity contribution in [2.75, 3.05) is 0 Å². The lowest BCUT2D eigenvalue weighted by molar-refractivity contribution is 0.590. The van der Waals surface area contributed by atoms with Crippen LogP contribution >= 0.6 is 0 Å². The van der Waals surface area contributed by atoms with Crippen molar-refractivity contribution in [3.05, 3.63) is 169 Å². The molecule has 0 atom stereocenters. The van der Waals surface area contributed by atoms with Crippen LogP contribution in [0.5, 0.6) is 0 Å². The van der Waals surface area contributed by atoms with Gasteiger partial charge in [0, 0.05) is 0 Å². The Morgan fingerprint density at radius 1 is 0.304 bits per heavy atom. The van der Waals surface area contributed by atoms with E-state index in [4.69, 9.17) is 0 Å². The molecular formula is C46H36. The minimum Gasteiger partial charge on any atom is -0.0622 e. The van der Waals surface area contributed by atoms with E-state index in [1.165, 1.54) is 82.4 Å². The van der Waals surface area contributed by atoms with E-state index in [1.807, 2.05) is 0 Å². The van der Waals surface area contributed by atoms with Gasteiger partial charge in [0.05, 0.1) is 0 Å². The third-order valence-corrected chi connectivity index (χ3v) is 9.40. The van der Waals surface area contributed by atoms with Crippen molar-refractivity contribution in [1.82, 2.24) is 0 Å². The molecule has 0 nitrogen and oxygen atoms in total. The van der Waals surface area contributed by atoms with Crippen molar-refractivity contribution in [1.29, 1.82) is 0 Å². The third-order valence-electron chi connectivity index (χ3n) is 9.40. The van der Waals surface area contributed by atoms with Gasteiger partial charge >= 0.3 is 0 Å². The average molecular weight is 589 g/mol. The van der Waals surface area contributed by atoms with E-state index >= 15 is 0 Å². The minimum absolute atomic E-state index is 0.121. The summed E-state index contributed by atoms with van der Waals surface area (Å²) in [7, 11) is 0. The molecule has 0 aliphatic rings. The molecule has 0 aromatic heterocycles. The highest BCUT2D eigenvalue weighted by atomic mass is 14.2. The van der Waals surface area contributed by atoms with Gasteiger partial charge in [0.1, 0.15) is 0 Å². The monoisotopic (exact) mass is 588 g/mol. The molecule has 0 unspecified atom stereocenters. The van der Waals surface area contributed by atoms with Crippen molar-refractivity contribution in [2.24, 2.45) is 0 Å². The van der Waals surface area contributed by atoms with Crippen molar-refractivity contribution in [3.8, 4) is 44.5 Å². The quantitative estimate of drug-likeness (QED) is 0.179. The van der Waals surface area contributed by atoms with Gasteiger partial charge in [-0.1, -0.05) is 166 Å². The van der Waals surface area contributed by atoms with Gasteiger partial charge in [-0.05, 0) is 106 Å². The van der Waals surface area contributed by atoms with Crippen LogP contribution in [-0.4, -0.2) is 0 Å². The predicted molar refractivity (Wildman–Crippen MR) is 199 cm³/mol. The third kappa shape index (κ3) is 4.97. The van der Waals surface area contributed by atoms with Gasteiger partial charge in [-0.15, -0.1) is 0 Å². The van der Waals surface area contributed by atoms with Crippen LogP contribution in [0.25, 0.3) is 76.8 Å². The molecule has 8 aromatic rings. The zero-order chi connectivity index (χ0) is 31.3. The first kappa shape index (κ1) is 28.0. The Bertz CT molecular complexity index is 2310. The number of fused-ring (bicyclic) bond motifs is 3. The first-order valence-electron chi connectivity index (χ1n) is 16.2. The topological polar surface area (TPSA) is 0 Å². The molecule has 0 amide bonds. The van der Waals surface area contributed by atoms with E-state index in [9.17, 15) is 0 Å². The molecule has 0 fully saturated rings. The summed E-state index contributed by atoms with van der Waals surface area (Å²) in [5.74, 6) is 0. The zero-order valence-electron chi connectivity index (χ0n) is 26.6. The molecule has 0 heteroatoms. The molecule has 8 aromatic carbocycles. The lowest BCUT2D eigenvalue weighted by Gasteiger charge is -2.21. The molecule has 8 rings (SSSR count). The van der Waals surface area contributed by atoms with Crippen molar-refractivity contribution in [3.63, 3.8) is 0 Å². The molecule has 0 radical (unpaired) electrons. The normalized spacial score (nSPS) is 11.8. The second-order valence-corrected chi connectivity index (χ2v) is 13.4. The van der Waals surface area contributed by atoms with Crippen LogP contribution in [0.15, 0.2) is 164 Å². The van der Waals surface area contributed by atoms with E-state index < -0.39 is 0 Å². The van der Waals surface area contributed by atoms with Gasteiger partial charge in [-0.2, -0.15) is 0 Å². The summed E-state index contributed by atoms with van der Waals surface area (Å²) >= 11 is 0. The van der Waals surface area contributed by atoms with E-state index in [0.717, 1.165) is 0 Å². The number of benzene rings is 8. The van der Waals surface area contributed by atoms with Crippen LogP contribution in [0.3, 0.4) is 0 Å². The van der Waals surface area contributed by atoms with Crippen LogP contribution in [0.2, 0.25) is 0 Å². The molecule has 46 heavy (non-hydrogen) atoms. The molecule has 0 aliphatic carbocycles. The smallest absolute Gasteiger partial charge is 0.00262 e. The predicted octanol–water partition coefficient (Wildman–Crippen LogP) is 13.1. The summed E-state index contributed by atoms with van der Waals surface area (Å²) < 4.78 is 0. The number of hydrogen-bond acceptors (Lipinski definition) is 0. The van der Waals surface area contributed by atoms with Crippen molar-refractivity contribution < 1.29 is 0 Å². The molecule has 0 spiro atoms. The summed E-state index contributed by atoms with van der Waals surface area (Å²) in [5, 5.41) is 7.63. The second kappa shape index (κ2) is 11.2. The van der Waals surface area contributed by atoms with Crippen LogP contribution < -0.4 is 0 Å². The van der Waals surface area contributed by atoms with Crippen LogP contribution in [-0.2, 0) is 5.41 Å². The fourth-order valence-electron chi connectivity index (χ4n) is 6.98. The Morgan fingerprint density at radius 2 is 0.717 bits per heavy atom. The highest BCUT2D eigenvalue weighted by molar-refractivity contribution is 6.21. The zero-order valence-corrected chi connectivity index (χ0v) is 26.6. The Balaban J connectivity index is 1.26. The first-order chi connectivity index (χ1) is 22.4.